The first-order valence-corrected chi connectivity index (χ1v) is 14.4. The van der Waals surface area contributed by atoms with Crippen LogP contribution >= 0.6 is 0 Å². The number of sulfonamides is 1. The van der Waals surface area contributed by atoms with Gasteiger partial charge in [-0.2, -0.15) is 4.31 Å². The highest BCUT2D eigenvalue weighted by atomic mass is 32.2. The highest BCUT2D eigenvalue weighted by Gasteiger charge is 2.43. The van der Waals surface area contributed by atoms with Gasteiger partial charge in [-0.05, 0) is 54.8 Å². The van der Waals surface area contributed by atoms with Gasteiger partial charge in [-0.25, -0.2) is 8.42 Å². The molecule has 0 radical (unpaired) electrons. The van der Waals surface area contributed by atoms with Crippen molar-refractivity contribution in [3.8, 4) is 0 Å². The Labute approximate surface area is 223 Å². The van der Waals surface area contributed by atoms with Gasteiger partial charge in [-0.15, -0.1) is 0 Å². The first kappa shape index (κ1) is 26.1. The molecule has 0 bridgehead atoms. The normalized spacial score (nSPS) is 19.4. The predicted molar refractivity (Wildman–Crippen MR) is 144 cm³/mol. The van der Waals surface area contributed by atoms with Crippen LogP contribution in [0.25, 0.3) is 10.8 Å². The maximum atomic E-state index is 13.7. The molecule has 1 unspecified atom stereocenters. The van der Waals surface area contributed by atoms with E-state index in [2.05, 4.69) is 9.88 Å². The molecule has 0 aliphatic carbocycles. The summed E-state index contributed by atoms with van der Waals surface area (Å²) < 4.78 is 33.9. The lowest BCUT2D eigenvalue weighted by molar-refractivity contribution is -0.152. The van der Waals surface area contributed by atoms with Crippen LogP contribution in [0.1, 0.15) is 19.8 Å². The number of pyridine rings is 1. The molecule has 2 saturated heterocycles. The second-order valence-electron chi connectivity index (χ2n) is 9.64. The van der Waals surface area contributed by atoms with E-state index in [1.54, 1.807) is 42.4 Å². The van der Waals surface area contributed by atoms with Crippen molar-refractivity contribution in [3.05, 3.63) is 67.0 Å². The van der Waals surface area contributed by atoms with Gasteiger partial charge in [0, 0.05) is 56.7 Å². The van der Waals surface area contributed by atoms with Gasteiger partial charge in [0.2, 0.25) is 15.9 Å². The lowest BCUT2D eigenvalue weighted by atomic mass is 9.94. The minimum atomic E-state index is -4.00. The second-order valence-corrected chi connectivity index (χ2v) is 11.5. The zero-order valence-electron chi connectivity index (χ0n) is 21.4. The number of hydrogen-bond acceptors (Lipinski definition) is 7. The predicted octanol–water partition coefficient (Wildman–Crippen LogP) is 2.92. The average molecular weight is 537 g/mol. The molecular formula is C28H32N4O5S. The molecule has 1 atom stereocenters. The van der Waals surface area contributed by atoms with E-state index in [-0.39, 0.29) is 43.0 Å². The molecule has 3 heterocycles. The fraction of sp³-hybridized carbons (Fsp3) is 0.393. The van der Waals surface area contributed by atoms with E-state index >= 15 is 0 Å². The van der Waals surface area contributed by atoms with E-state index in [0.717, 1.165) is 29.5 Å². The number of carbonyl (C=O) groups excluding carboxylic acids is 2. The maximum absolute atomic E-state index is 13.7. The lowest BCUT2D eigenvalue weighted by Gasteiger charge is -2.41. The number of benzene rings is 2. The third kappa shape index (κ3) is 5.23. The molecule has 2 aliphatic heterocycles. The summed E-state index contributed by atoms with van der Waals surface area (Å²) in [6.45, 7) is 3.54. The Bertz CT molecular complexity index is 1410. The van der Waals surface area contributed by atoms with Gasteiger partial charge in [0.25, 0.3) is 0 Å². The third-order valence-electron chi connectivity index (χ3n) is 7.40. The number of hydrogen-bond donors (Lipinski definition) is 0. The molecule has 1 amide bonds. The van der Waals surface area contributed by atoms with Gasteiger partial charge in [0.15, 0.2) is 0 Å². The Balaban J connectivity index is 1.31. The van der Waals surface area contributed by atoms with Crippen LogP contribution in [-0.2, 0) is 24.3 Å². The third-order valence-corrected chi connectivity index (χ3v) is 9.31. The lowest BCUT2D eigenvalue weighted by Crippen LogP contribution is -2.60. The van der Waals surface area contributed by atoms with E-state index < -0.39 is 22.0 Å². The van der Waals surface area contributed by atoms with E-state index in [0.29, 0.717) is 12.8 Å². The van der Waals surface area contributed by atoms with Crippen LogP contribution < -0.4 is 4.90 Å². The van der Waals surface area contributed by atoms with Gasteiger partial charge in [-0.1, -0.05) is 30.3 Å². The van der Waals surface area contributed by atoms with Gasteiger partial charge in [0.05, 0.1) is 11.5 Å². The van der Waals surface area contributed by atoms with Crippen molar-refractivity contribution in [3.63, 3.8) is 0 Å². The number of amides is 1. The Morgan fingerprint density at radius 1 is 0.947 bits per heavy atom. The number of piperidine rings is 1. The van der Waals surface area contributed by atoms with E-state index in [9.17, 15) is 18.0 Å². The second kappa shape index (κ2) is 11.1. The summed E-state index contributed by atoms with van der Waals surface area (Å²) in [5.41, 5.74) is 1.08. The molecule has 38 heavy (non-hydrogen) atoms. The molecule has 10 heteroatoms. The number of carbonyl (C=O) groups is 2. The number of esters is 1. The summed E-state index contributed by atoms with van der Waals surface area (Å²) in [6, 6.07) is 15.3. The molecule has 3 aromatic rings. The summed E-state index contributed by atoms with van der Waals surface area (Å²) in [4.78, 5) is 34.5. The van der Waals surface area contributed by atoms with Crippen LogP contribution in [0.3, 0.4) is 0 Å². The fourth-order valence-corrected chi connectivity index (χ4v) is 6.94. The summed E-state index contributed by atoms with van der Waals surface area (Å²) in [5, 5.41) is 1.73. The minimum Gasteiger partial charge on any atom is -0.465 e. The summed E-state index contributed by atoms with van der Waals surface area (Å²) in [7, 11) is -4.00. The van der Waals surface area contributed by atoms with Gasteiger partial charge >= 0.3 is 5.97 Å². The van der Waals surface area contributed by atoms with Crippen molar-refractivity contribution in [1.82, 2.24) is 14.2 Å². The number of anilines is 1. The monoisotopic (exact) mass is 536 g/mol. The molecule has 9 nitrogen and oxygen atoms in total. The molecule has 5 rings (SSSR count). The number of fused-ring (bicyclic) bond motifs is 1. The van der Waals surface area contributed by atoms with Crippen molar-refractivity contribution in [2.45, 2.75) is 30.7 Å². The Morgan fingerprint density at radius 2 is 1.66 bits per heavy atom. The number of aromatic nitrogens is 1. The van der Waals surface area contributed by atoms with Gasteiger partial charge < -0.3 is 14.5 Å². The zero-order valence-corrected chi connectivity index (χ0v) is 22.2. The molecule has 2 fully saturated rings. The van der Waals surface area contributed by atoms with Crippen LogP contribution in [0.4, 0.5) is 5.69 Å². The molecule has 0 spiro atoms. The quantitative estimate of drug-likeness (QED) is 0.447. The van der Waals surface area contributed by atoms with Crippen LogP contribution in [0, 0.1) is 5.92 Å². The van der Waals surface area contributed by atoms with Crippen molar-refractivity contribution < 1.29 is 22.7 Å². The number of ether oxygens (including phenoxy) is 1. The molecule has 2 aromatic carbocycles. The summed E-state index contributed by atoms with van der Waals surface area (Å²) in [6.07, 6.45) is 4.91. The molecule has 2 aliphatic rings. The smallest absolute Gasteiger partial charge is 0.326 e. The van der Waals surface area contributed by atoms with Crippen molar-refractivity contribution in [2.75, 3.05) is 44.2 Å². The van der Waals surface area contributed by atoms with Crippen LogP contribution in [0.5, 0.6) is 0 Å². The van der Waals surface area contributed by atoms with E-state index in [4.69, 9.17) is 4.74 Å². The van der Waals surface area contributed by atoms with E-state index in [1.165, 1.54) is 4.31 Å². The number of nitrogens with zero attached hydrogens (tertiary/aromatic N) is 4. The van der Waals surface area contributed by atoms with Crippen LogP contribution in [0.2, 0.25) is 0 Å². The van der Waals surface area contributed by atoms with Gasteiger partial charge in [-0.3, -0.25) is 14.6 Å². The molecule has 0 N–H and O–H groups in total. The van der Waals surface area contributed by atoms with Crippen molar-refractivity contribution >= 4 is 38.4 Å². The largest absolute Gasteiger partial charge is 0.465 e. The highest BCUT2D eigenvalue weighted by molar-refractivity contribution is 7.89. The maximum Gasteiger partial charge on any atom is 0.326 e. The summed E-state index contributed by atoms with van der Waals surface area (Å²) >= 11 is 0. The van der Waals surface area contributed by atoms with Crippen molar-refractivity contribution in [2.24, 2.45) is 5.92 Å². The van der Waals surface area contributed by atoms with Crippen LogP contribution in [0.15, 0.2) is 71.9 Å². The average Bonchev–Trinajstić information content (AvgIpc) is 2.97. The SMILES string of the molecule is CCOC(=O)C1CN(C(=O)C2CCN(c3ccncc3)CC2)CCN1S(=O)(=O)c1ccc2ccccc2c1. The van der Waals surface area contributed by atoms with E-state index in [1.807, 2.05) is 36.4 Å². The summed E-state index contributed by atoms with van der Waals surface area (Å²) in [5.74, 6) is -0.835. The minimum absolute atomic E-state index is 0.0188. The molecular weight excluding hydrogens is 504 g/mol. The fourth-order valence-electron chi connectivity index (χ4n) is 5.35. The number of rotatable bonds is 6. The Kier molecular flexibility index (Phi) is 7.62. The topological polar surface area (TPSA) is 100 Å². The van der Waals surface area contributed by atoms with Crippen LogP contribution in [-0.4, -0.2) is 79.9 Å². The highest BCUT2D eigenvalue weighted by Crippen LogP contribution is 2.28. The number of piperazine rings is 1. The molecule has 1 aromatic heterocycles. The first-order chi connectivity index (χ1) is 18.4. The molecule has 0 saturated carbocycles. The Morgan fingerprint density at radius 3 is 2.37 bits per heavy atom. The standard InChI is InChI=1S/C28H32N4O5S/c1-2-37-28(34)26-20-31(27(33)22-11-15-30(16-12-22)24-9-13-29-14-10-24)17-18-32(26)38(35,36)25-8-7-21-5-3-4-6-23(21)19-25/h3-10,13-14,19,22,26H,2,11-12,15-18,20H2,1H3. The van der Waals surface area contributed by atoms with Crippen molar-refractivity contribution in [1.29, 1.82) is 0 Å². The molecule has 200 valence electrons. The van der Waals surface area contributed by atoms with Gasteiger partial charge in [0.1, 0.15) is 6.04 Å². The zero-order chi connectivity index (χ0) is 26.7. The first-order valence-electron chi connectivity index (χ1n) is 13.0. The Hall–Kier alpha value is -3.50.